The van der Waals surface area contributed by atoms with Gasteiger partial charge < -0.3 is 134 Å². The summed E-state index contributed by atoms with van der Waals surface area (Å²) in [5, 5.41) is 128. The Morgan fingerprint density at radius 2 is 1.28 bits per heavy atom. The Balaban J connectivity index is 0.999. The second kappa shape index (κ2) is 37.5. The van der Waals surface area contributed by atoms with Crippen molar-refractivity contribution in [2.24, 2.45) is 17.4 Å². The molecule has 11 bridgehead atoms. The zero-order valence-electron chi connectivity index (χ0n) is 65.6. The van der Waals surface area contributed by atoms with Gasteiger partial charge in [-0.25, -0.2) is 0 Å². The van der Waals surface area contributed by atoms with E-state index in [4.69, 9.17) is 69.5 Å². The third-order valence-corrected chi connectivity index (χ3v) is 21.8. The predicted molar refractivity (Wildman–Crippen MR) is 431 cm³/mol. The van der Waals surface area contributed by atoms with E-state index in [2.05, 4.69) is 53.8 Å². The molecular weight excluding hydrogens is 1620 g/mol. The maximum Gasteiger partial charge on any atom is 0.251 e. The average Bonchev–Trinajstić information content (AvgIpc) is 0.764. The maximum atomic E-state index is 16.3. The molecular formula is C84H91Cl2N11O24. The molecule has 22 N–H and O–H groups in total. The van der Waals surface area contributed by atoms with Crippen LogP contribution in [0.1, 0.15) is 127 Å². The molecule has 0 spiro atoms. The number of ether oxygens (including phenoxy) is 6. The molecule has 18 unspecified atom stereocenters. The molecule has 37 heteroatoms. The van der Waals surface area contributed by atoms with Crippen molar-refractivity contribution in [2.45, 2.75) is 163 Å². The van der Waals surface area contributed by atoms with Gasteiger partial charge in [-0.05, 0) is 157 Å². The smallest absolute Gasteiger partial charge is 0.251 e. The second-order valence-electron chi connectivity index (χ2n) is 30.6. The number of carbonyl (C=O) groups excluding carboxylic acids is 9. The summed E-state index contributed by atoms with van der Waals surface area (Å²) >= 11 is 14.3. The first-order chi connectivity index (χ1) is 57.5. The minimum atomic E-state index is -2.37. The Morgan fingerprint density at radius 3 is 1.88 bits per heavy atom. The van der Waals surface area contributed by atoms with Crippen molar-refractivity contribution in [3.63, 3.8) is 0 Å². The molecule has 7 aliphatic rings. The van der Waals surface area contributed by atoms with Crippen LogP contribution in [-0.4, -0.2) is 205 Å². The van der Waals surface area contributed by atoms with Crippen molar-refractivity contribution in [1.82, 2.24) is 47.9 Å². The normalized spacial score (nSPS) is 26.3. The van der Waals surface area contributed by atoms with E-state index in [0.29, 0.717) is 11.1 Å². The summed E-state index contributed by atoms with van der Waals surface area (Å²) in [6.07, 6.45) is -13.2. The fourth-order valence-corrected chi connectivity index (χ4v) is 15.2. The number of likely N-dealkylation sites (N-methyl/N-ethyl adjacent to an activating group) is 1. The summed E-state index contributed by atoms with van der Waals surface area (Å²) in [4.78, 5) is 134. The number of aromatic hydroxyl groups is 3. The molecule has 7 aromatic rings. The molecule has 35 nitrogen and oxygen atoms in total. The van der Waals surface area contributed by atoms with Gasteiger partial charge in [-0.1, -0.05) is 85.4 Å². The van der Waals surface area contributed by atoms with Crippen molar-refractivity contribution in [3.8, 4) is 80.6 Å². The molecule has 9 amide bonds. The van der Waals surface area contributed by atoms with Crippen LogP contribution in [0.3, 0.4) is 0 Å². The van der Waals surface area contributed by atoms with Gasteiger partial charge in [0.05, 0.1) is 41.3 Å². The number of aliphatic hydroxyl groups excluding tert-OH is 6. The van der Waals surface area contributed by atoms with Gasteiger partial charge >= 0.3 is 0 Å². The van der Waals surface area contributed by atoms with Crippen molar-refractivity contribution in [2.75, 3.05) is 26.7 Å². The van der Waals surface area contributed by atoms with Crippen LogP contribution < -0.4 is 73.5 Å². The number of benzene rings is 7. The topological polar surface area (TPSA) is 551 Å². The van der Waals surface area contributed by atoms with Gasteiger partial charge in [0.2, 0.25) is 59.3 Å². The lowest BCUT2D eigenvalue weighted by Gasteiger charge is -2.47. The molecule has 0 aliphatic carbocycles. The number of rotatable bonds is 19. The first-order valence-corrected chi connectivity index (χ1v) is 39.2. The predicted octanol–water partition coefficient (Wildman–Crippen LogP) is 2.61. The van der Waals surface area contributed by atoms with E-state index in [1.807, 2.05) is 26.0 Å². The van der Waals surface area contributed by atoms with Gasteiger partial charge in [-0.2, -0.15) is 0 Å². The van der Waals surface area contributed by atoms with E-state index in [0.717, 1.165) is 71.8 Å². The molecule has 0 aromatic heterocycles. The molecule has 14 rings (SSSR count). The first kappa shape index (κ1) is 88.6. The van der Waals surface area contributed by atoms with E-state index < -0.39 is 243 Å². The highest BCUT2D eigenvalue weighted by Gasteiger charge is 2.52. The van der Waals surface area contributed by atoms with Gasteiger partial charge in [-0.3, -0.25) is 43.2 Å². The van der Waals surface area contributed by atoms with Gasteiger partial charge in [0, 0.05) is 53.4 Å². The third-order valence-electron chi connectivity index (χ3n) is 21.3. The van der Waals surface area contributed by atoms with Crippen LogP contribution in [0.25, 0.3) is 22.3 Å². The molecule has 7 aliphatic heterocycles. The van der Waals surface area contributed by atoms with Crippen LogP contribution in [0.4, 0.5) is 0 Å². The number of carbonyl (C=O) groups is 9. The largest absolute Gasteiger partial charge is 0.508 e. The SMILES string of the molecule is C#Cc1ccc(-c2ccc(C(=O)NCCCNC(=O)C3NC(=O)C4NC(=O)C(NC(=O)C5NC(=O)C(CC(N)=O)NC(=O)C(NC(=O)C(CC(C)C)NC)C(O)c6ccc(c(Cl)c6)Oc6cc5cc(c6OC5OC(CO)C(O)C(O)C5OC5CC(C)(N)C(O)C(C)O5)Oc5ccc(cc5Cl)C4O)c4ccc(O)c(c4)-c4c(O)cc(O)cc43)cc2)cc1. The number of hydrogen-bond donors (Lipinski definition) is 20. The lowest BCUT2D eigenvalue weighted by Crippen LogP contribution is -2.64. The van der Waals surface area contributed by atoms with E-state index in [-0.39, 0.29) is 65.7 Å². The lowest BCUT2D eigenvalue weighted by atomic mass is 9.86. The van der Waals surface area contributed by atoms with Gasteiger partial charge in [-0.15, -0.1) is 6.42 Å². The number of nitrogens with one attached hydrogen (secondary N) is 9. The quantitative estimate of drug-likeness (QED) is 0.0409. The molecule has 2 fully saturated rings. The van der Waals surface area contributed by atoms with Crippen LogP contribution in [0.2, 0.25) is 10.0 Å². The Kier molecular flexibility index (Phi) is 27.4. The van der Waals surface area contributed by atoms with Gasteiger partial charge in [0.15, 0.2) is 23.9 Å². The van der Waals surface area contributed by atoms with E-state index in [9.17, 15) is 69.9 Å². The highest BCUT2D eigenvalue weighted by molar-refractivity contribution is 6.32. The minimum absolute atomic E-state index is 0.0196. The molecule has 7 aromatic carbocycles. The summed E-state index contributed by atoms with van der Waals surface area (Å²) in [5.74, 6) is -13.0. The Hall–Kier alpha value is -11.7. The van der Waals surface area contributed by atoms with Crippen LogP contribution in [0.5, 0.6) is 46.0 Å². The monoisotopic (exact) mass is 1710 g/mol. The number of fused-ring (bicyclic) bond motifs is 15. The zero-order chi connectivity index (χ0) is 87.3. The Morgan fingerprint density at radius 1 is 0.678 bits per heavy atom. The lowest BCUT2D eigenvalue weighted by molar-refractivity contribution is -0.333. The fourth-order valence-electron chi connectivity index (χ4n) is 14.8. The number of amides is 9. The number of phenolic OH excluding ortho intramolecular Hbond substituents is 3. The number of halogens is 2. The van der Waals surface area contributed by atoms with Crippen molar-refractivity contribution >= 4 is 76.4 Å². The summed E-state index contributed by atoms with van der Waals surface area (Å²) in [6.45, 7) is 5.42. The highest BCUT2D eigenvalue weighted by atomic mass is 35.5. The minimum Gasteiger partial charge on any atom is -0.508 e. The van der Waals surface area contributed by atoms with Crippen molar-refractivity contribution in [1.29, 1.82) is 0 Å². The van der Waals surface area contributed by atoms with Crippen LogP contribution in [0, 0.1) is 18.3 Å². The molecule has 121 heavy (non-hydrogen) atoms. The molecule has 0 saturated carbocycles. The summed E-state index contributed by atoms with van der Waals surface area (Å²) in [7, 11) is 1.47. The van der Waals surface area contributed by atoms with Gasteiger partial charge in [0.1, 0.15) is 95.5 Å². The first-order valence-electron chi connectivity index (χ1n) is 38.5. The molecule has 640 valence electrons. The summed E-state index contributed by atoms with van der Waals surface area (Å²) in [5.41, 5.74) is 11.0. The maximum absolute atomic E-state index is 16.3. The fraction of sp³-hybridized carbons (Fsp3) is 0.369. The average molecular weight is 1710 g/mol. The molecule has 7 heterocycles. The van der Waals surface area contributed by atoms with Crippen LogP contribution in [-0.2, 0) is 52.6 Å². The number of phenols is 3. The number of nitrogens with two attached hydrogens (primary N) is 2. The number of terminal acetylenes is 1. The van der Waals surface area contributed by atoms with Crippen molar-refractivity contribution in [3.05, 3.63) is 176 Å². The zero-order valence-corrected chi connectivity index (χ0v) is 67.1. The second-order valence-corrected chi connectivity index (χ2v) is 31.4. The third kappa shape index (κ3) is 19.8. The Labute approximate surface area is 702 Å². The van der Waals surface area contributed by atoms with Gasteiger partial charge in [0.25, 0.3) is 5.91 Å². The molecule has 0 radical (unpaired) electrons. The molecule has 2 saturated heterocycles. The Bertz CT molecular complexity index is 5170. The van der Waals surface area contributed by atoms with E-state index in [1.54, 1.807) is 36.4 Å². The highest BCUT2D eigenvalue weighted by Crippen LogP contribution is 2.50. The number of hydrogen-bond acceptors (Lipinski definition) is 26. The summed E-state index contributed by atoms with van der Waals surface area (Å²) in [6, 6.07) is 13.9. The standard InChI is InChI=1S/C84H91Cl2N11O24/c1-7-38-9-11-39(12-10-38)40-13-15-41(16-14-40)75(108)90-23-8-24-91-78(111)65-48-31-46(99)32-54(101)62(48)47-26-42(17-20-53(47)100)63-79(112)97-67(82(115)95-65)69(104)44-19-22-56(50(86)28-44)118-58-30-45-29-57(72(58)121-83-73(71(106)70(105)59(35-98)119-83)120-61-34-84(5,88)74(107)37(4)116-61)117-55-21-18-43(27-49(55)85)68(103)66(96-76(109)51(89-6)25-36(2)3)81(114)92-52(33-60(87)102)77(110)93-64(45)80(113)94-63/h1,9-22,26-32,36-37,51-52,59,61,63-71,73-74,83,89,98-101,103-107H,8,23-25,33-35,88H2,2-6H3,(H2,87,102)(H,90,108)(H,91,111)(H,92,114)(H,93,110)(H,94,113)(H,95,115)(H,96,109)(H,97,112). The summed E-state index contributed by atoms with van der Waals surface area (Å²) < 4.78 is 38.7. The van der Waals surface area contributed by atoms with Crippen LogP contribution >= 0.6 is 23.2 Å². The van der Waals surface area contributed by atoms with E-state index in [1.165, 1.54) is 39.1 Å². The number of primary amides is 1. The van der Waals surface area contributed by atoms with Crippen LogP contribution in [0.15, 0.2) is 127 Å². The van der Waals surface area contributed by atoms with E-state index >= 15 is 19.2 Å². The number of aliphatic hydroxyl groups is 6. The van der Waals surface area contributed by atoms with Crippen molar-refractivity contribution < 1.29 is 118 Å². The molecule has 18 atom stereocenters.